The molecule has 7 heteroatoms. The molecule has 31 heavy (non-hydrogen) atoms. The van der Waals surface area contributed by atoms with Gasteiger partial charge in [-0.25, -0.2) is 9.78 Å². The molecule has 0 radical (unpaired) electrons. The first kappa shape index (κ1) is 21.4. The van der Waals surface area contributed by atoms with Crippen molar-refractivity contribution >= 4 is 17.5 Å². The predicted molar refractivity (Wildman–Crippen MR) is 123 cm³/mol. The zero-order valence-electron chi connectivity index (χ0n) is 19.5. The van der Waals surface area contributed by atoms with E-state index in [1.807, 2.05) is 51.0 Å². The molecule has 4 rings (SSSR count). The molecule has 0 spiro atoms. The fourth-order valence-corrected chi connectivity index (χ4v) is 4.17. The molecule has 2 aromatic rings. The molecule has 0 unspecified atom stereocenters. The Morgan fingerprint density at radius 1 is 1.23 bits per heavy atom. The summed E-state index contributed by atoms with van der Waals surface area (Å²) in [7, 11) is 1.92. The number of hydrogen-bond acceptors (Lipinski definition) is 5. The van der Waals surface area contributed by atoms with Crippen molar-refractivity contribution in [1.82, 2.24) is 19.7 Å². The van der Waals surface area contributed by atoms with E-state index >= 15 is 0 Å². The Balaban J connectivity index is 1.63. The van der Waals surface area contributed by atoms with Crippen LogP contribution in [-0.4, -0.2) is 57.5 Å². The van der Waals surface area contributed by atoms with Crippen LogP contribution in [0.25, 0.3) is 16.8 Å². The molecule has 0 aliphatic carbocycles. The van der Waals surface area contributed by atoms with Gasteiger partial charge in [-0.05, 0) is 50.3 Å². The molecule has 2 aliphatic heterocycles. The van der Waals surface area contributed by atoms with Crippen LogP contribution >= 0.6 is 0 Å². The maximum Gasteiger partial charge on any atom is 0.410 e. The highest BCUT2D eigenvalue weighted by atomic mass is 16.6. The number of ether oxygens (including phenoxy) is 1. The highest BCUT2D eigenvalue weighted by Gasteiger charge is 2.31. The number of aromatic nitrogens is 3. The minimum atomic E-state index is -0.508. The van der Waals surface area contributed by atoms with Crippen LogP contribution in [0.15, 0.2) is 30.6 Å². The summed E-state index contributed by atoms with van der Waals surface area (Å²) in [4.78, 5) is 21.4. The molecule has 0 bridgehead atoms. The number of anilines is 1. The van der Waals surface area contributed by atoms with Crippen molar-refractivity contribution < 1.29 is 9.53 Å². The summed E-state index contributed by atoms with van der Waals surface area (Å²) in [6.45, 7) is 13.3. The van der Waals surface area contributed by atoms with E-state index in [1.54, 1.807) is 4.90 Å². The highest BCUT2D eigenvalue weighted by Crippen LogP contribution is 2.36. The van der Waals surface area contributed by atoms with Crippen molar-refractivity contribution in [1.29, 1.82) is 0 Å². The zero-order valence-corrected chi connectivity index (χ0v) is 19.5. The van der Waals surface area contributed by atoms with E-state index in [0.717, 1.165) is 47.7 Å². The number of rotatable bonds is 3. The van der Waals surface area contributed by atoms with Crippen molar-refractivity contribution in [3.63, 3.8) is 0 Å². The Labute approximate surface area is 184 Å². The van der Waals surface area contributed by atoms with Gasteiger partial charge in [0.15, 0.2) is 0 Å². The van der Waals surface area contributed by atoms with E-state index in [9.17, 15) is 4.79 Å². The summed E-state index contributed by atoms with van der Waals surface area (Å²) >= 11 is 0. The van der Waals surface area contributed by atoms with Crippen LogP contribution in [0.5, 0.6) is 0 Å². The Morgan fingerprint density at radius 2 is 2.00 bits per heavy atom. The van der Waals surface area contributed by atoms with Gasteiger partial charge >= 0.3 is 6.09 Å². The van der Waals surface area contributed by atoms with Gasteiger partial charge in [-0.15, -0.1) is 0 Å². The van der Waals surface area contributed by atoms with Gasteiger partial charge in [-0.3, -0.25) is 4.68 Å². The first-order valence-corrected chi connectivity index (χ1v) is 10.9. The molecule has 0 N–H and O–H groups in total. The lowest BCUT2D eigenvalue weighted by Crippen LogP contribution is -2.35. The number of nitrogens with zero attached hydrogens (tertiary/aromatic N) is 5. The van der Waals surface area contributed by atoms with E-state index in [4.69, 9.17) is 9.72 Å². The molecule has 0 atom stereocenters. The van der Waals surface area contributed by atoms with Crippen molar-refractivity contribution in [3.8, 4) is 11.3 Å². The Bertz CT molecular complexity index is 1020. The monoisotopic (exact) mass is 423 g/mol. The van der Waals surface area contributed by atoms with Crippen molar-refractivity contribution in [2.45, 2.75) is 46.6 Å². The summed E-state index contributed by atoms with van der Waals surface area (Å²) in [5.41, 5.74) is 3.85. The molecule has 7 nitrogen and oxygen atoms in total. The van der Waals surface area contributed by atoms with Crippen molar-refractivity contribution in [2.24, 2.45) is 12.5 Å². The lowest BCUT2D eigenvalue weighted by atomic mass is 9.93. The standard InChI is InChI=1S/C24H33N5O2/c1-23(2,3)31-22(30)28-11-7-17(15-28)19-14-25-21(29-12-9-24(4,5)16-29)13-18(19)20-8-10-27(6)26-20/h7-8,10,13-14H,9,11-12,15-16H2,1-6H3. The summed E-state index contributed by atoms with van der Waals surface area (Å²) < 4.78 is 7.36. The van der Waals surface area contributed by atoms with Gasteiger partial charge in [0.25, 0.3) is 0 Å². The molecule has 1 amide bonds. The number of carbonyl (C=O) groups is 1. The van der Waals surface area contributed by atoms with Crippen LogP contribution < -0.4 is 4.90 Å². The Morgan fingerprint density at radius 3 is 2.61 bits per heavy atom. The van der Waals surface area contributed by atoms with E-state index in [1.165, 1.54) is 0 Å². The molecule has 1 fully saturated rings. The molecule has 4 heterocycles. The smallest absolute Gasteiger partial charge is 0.410 e. The van der Waals surface area contributed by atoms with Gasteiger partial charge in [0, 0.05) is 56.7 Å². The van der Waals surface area contributed by atoms with Gasteiger partial charge < -0.3 is 14.5 Å². The maximum absolute atomic E-state index is 12.5. The number of amides is 1. The third-order valence-corrected chi connectivity index (χ3v) is 5.80. The fraction of sp³-hybridized carbons (Fsp3) is 0.542. The molecule has 1 saturated heterocycles. The SMILES string of the molecule is Cn1ccc(-c2cc(N3CCC(C)(C)C3)ncc2C2=CCN(C(=O)OC(C)(C)C)C2)n1. The maximum atomic E-state index is 12.5. The zero-order chi connectivity index (χ0) is 22.4. The lowest BCUT2D eigenvalue weighted by Gasteiger charge is -2.25. The highest BCUT2D eigenvalue weighted by molar-refractivity contribution is 5.85. The molecule has 166 valence electrons. The van der Waals surface area contributed by atoms with E-state index in [2.05, 4.69) is 36.0 Å². The summed E-state index contributed by atoms with van der Waals surface area (Å²) in [5, 5.41) is 4.65. The largest absolute Gasteiger partial charge is 0.444 e. The minimum absolute atomic E-state index is 0.290. The first-order chi connectivity index (χ1) is 14.5. The average molecular weight is 424 g/mol. The first-order valence-electron chi connectivity index (χ1n) is 10.9. The third kappa shape index (κ3) is 4.75. The lowest BCUT2D eigenvalue weighted by molar-refractivity contribution is 0.0306. The normalized spacial score (nSPS) is 18.5. The van der Waals surface area contributed by atoms with E-state index in [0.29, 0.717) is 18.5 Å². The predicted octanol–water partition coefficient (Wildman–Crippen LogP) is 4.35. The Kier molecular flexibility index (Phi) is 5.31. The van der Waals surface area contributed by atoms with Gasteiger partial charge in [0.2, 0.25) is 0 Å². The fourth-order valence-electron chi connectivity index (χ4n) is 4.17. The number of aryl methyl sites for hydroxylation is 1. The van der Waals surface area contributed by atoms with Gasteiger partial charge in [-0.2, -0.15) is 5.10 Å². The molecule has 2 aromatic heterocycles. The second-order valence-electron chi connectivity index (χ2n) is 10.4. The summed E-state index contributed by atoms with van der Waals surface area (Å²) in [5.74, 6) is 0.984. The van der Waals surface area contributed by atoms with Crippen molar-refractivity contribution in [3.05, 3.63) is 36.2 Å². The number of hydrogen-bond donors (Lipinski definition) is 0. The average Bonchev–Trinajstić information content (AvgIpc) is 3.39. The molecule has 0 saturated carbocycles. The van der Waals surface area contributed by atoms with Gasteiger partial charge in [0.1, 0.15) is 11.4 Å². The van der Waals surface area contributed by atoms with E-state index in [-0.39, 0.29) is 6.09 Å². The molecular weight excluding hydrogens is 390 g/mol. The topological polar surface area (TPSA) is 63.5 Å². The number of pyridine rings is 1. The van der Waals surface area contributed by atoms with Crippen LogP contribution in [0.3, 0.4) is 0 Å². The van der Waals surface area contributed by atoms with Crippen molar-refractivity contribution in [2.75, 3.05) is 31.1 Å². The van der Waals surface area contributed by atoms with Gasteiger partial charge in [0.05, 0.1) is 5.69 Å². The Hall–Kier alpha value is -2.83. The molecule has 2 aliphatic rings. The van der Waals surface area contributed by atoms with Crippen LogP contribution in [-0.2, 0) is 11.8 Å². The van der Waals surface area contributed by atoms with Gasteiger partial charge in [-0.1, -0.05) is 19.9 Å². The minimum Gasteiger partial charge on any atom is -0.444 e. The van der Waals surface area contributed by atoms with Crippen LogP contribution in [0.4, 0.5) is 10.6 Å². The second-order valence-corrected chi connectivity index (χ2v) is 10.4. The second kappa shape index (κ2) is 7.70. The molecular formula is C24H33N5O2. The molecule has 0 aromatic carbocycles. The van der Waals surface area contributed by atoms with Crippen LogP contribution in [0.1, 0.15) is 46.6 Å². The van der Waals surface area contributed by atoms with E-state index < -0.39 is 5.60 Å². The van der Waals surface area contributed by atoms with Crippen LogP contribution in [0, 0.1) is 5.41 Å². The summed E-state index contributed by atoms with van der Waals surface area (Å²) in [6, 6.07) is 4.17. The third-order valence-electron chi connectivity index (χ3n) is 5.80. The number of carbonyl (C=O) groups excluding carboxylic acids is 1. The van der Waals surface area contributed by atoms with Crippen LogP contribution in [0.2, 0.25) is 0 Å². The quantitative estimate of drug-likeness (QED) is 0.734. The summed E-state index contributed by atoms with van der Waals surface area (Å²) in [6.07, 6.45) is 6.85.